The summed E-state index contributed by atoms with van der Waals surface area (Å²) in [5.41, 5.74) is 6.36. The van der Waals surface area contributed by atoms with Gasteiger partial charge in [0.1, 0.15) is 17.6 Å². The van der Waals surface area contributed by atoms with Crippen molar-refractivity contribution in [1.82, 2.24) is 5.32 Å². The number of amides is 2. The molecule has 3 N–H and O–H groups in total. The van der Waals surface area contributed by atoms with Gasteiger partial charge in [-0.2, -0.15) is 4.99 Å². The predicted octanol–water partition coefficient (Wildman–Crippen LogP) is 0.701. The quantitative estimate of drug-likeness (QED) is 0.796. The number of nitrogens with two attached hydrogens (primary N) is 1. The molecule has 2 atom stereocenters. The molecule has 6 heteroatoms. The fourth-order valence-electron chi connectivity index (χ4n) is 2.31. The lowest BCUT2D eigenvalue weighted by Gasteiger charge is -2.23. The van der Waals surface area contributed by atoms with Crippen molar-refractivity contribution in [3.05, 3.63) is 35.6 Å². The molecule has 3 rings (SSSR count). The first-order valence-corrected chi connectivity index (χ1v) is 6.50. The van der Waals surface area contributed by atoms with Gasteiger partial charge in [0, 0.05) is 0 Å². The molecule has 1 aromatic carbocycles. The van der Waals surface area contributed by atoms with Gasteiger partial charge in [0.25, 0.3) is 5.91 Å². The Bertz CT molecular complexity index is 593. The highest BCUT2D eigenvalue weighted by atomic mass is 19.1. The zero-order valence-corrected chi connectivity index (χ0v) is 10.7. The smallest absolute Gasteiger partial charge is 0.264 e. The van der Waals surface area contributed by atoms with Crippen LogP contribution in [0.25, 0.3) is 0 Å². The Morgan fingerprint density at radius 2 is 1.90 bits per heavy atom. The Labute approximate surface area is 115 Å². The van der Waals surface area contributed by atoms with Crippen LogP contribution in [0.3, 0.4) is 0 Å². The number of benzene rings is 1. The summed E-state index contributed by atoms with van der Waals surface area (Å²) in [4.78, 5) is 28.0. The number of hydrogen-bond donors (Lipinski definition) is 2. The van der Waals surface area contributed by atoms with E-state index in [1.165, 1.54) is 24.3 Å². The third-order valence-electron chi connectivity index (χ3n) is 3.64. The van der Waals surface area contributed by atoms with Gasteiger partial charge < -0.3 is 11.1 Å². The maximum Gasteiger partial charge on any atom is 0.264 e. The molecule has 1 fully saturated rings. The van der Waals surface area contributed by atoms with Crippen LogP contribution in [0.4, 0.5) is 4.39 Å². The van der Waals surface area contributed by atoms with Gasteiger partial charge >= 0.3 is 0 Å². The molecule has 2 aliphatic rings. The van der Waals surface area contributed by atoms with E-state index in [2.05, 4.69) is 10.3 Å². The molecule has 0 saturated heterocycles. The van der Waals surface area contributed by atoms with Gasteiger partial charge in [-0.05, 0) is 36.5 Å². The second-order valence-corrected chi connectivity index (χ2v) is 5.17. The first kappa shape index (κ1) is 12.9. The zero-order valence-electron chi connectivity index (χ0n) is 10.7. The molecule has 0 spiro atoms. The third kappa shape index (κ3) is 2.34. The average molecular weight is 275 g/mol. The van der Waals surface area contributed by atoms with Crippen molar-refractivity contribution in [1.29, 1.82) is 0 Å². The van der Waals surface area contributed by atoms with E-state index in [4.69, 9.17) is 5.73 Å². The van der Waals surface area contributed by atoms with Gasteiger partial charge in [-0.15, -0.1) is 0 Å². The minimum Gasteiger partial charge on any atom is -0.321 e. The summed E-state index contributed by atoms with van der Waals surface area (Å²) in [6.45, 7) is 0. The molecular weight excluding hydrogens is 261 g/mol. The summed E-state index contributed by atoms with van der Waals surface area (Å²) in [6, 6.07) is 4.87. The summed E-state index contributed by atoms with van der Waals surface area (Å²) < 4.78 is 12.9. The van der Waals surface area contributed by atoms with Crippen LogP contribution in [0.1, 0.15) is 24.3 Å². The lowest BCUT2D eigenvalue weighted by atomic mass is 9.95. The van der Waals surface area contributed by atoms with Crippen LogP contribution in [-0.4, -0.2) is 23.7 Å². The van der Waals surface area contributed by atoms with Crippen LogP contribution in [0.5, 0.6) is 0 Å². The Morgan fingerprint density at radius 3 is 2.45 bits per heavy atom. The number of rotatable bonds is 3. The molecular formula is C14H14FN3O2. The van der Waals surface area contributed by atoms with Crippen molar-refractivity contribution < 1.29 is 14.0 Å². The SMILES string of the molecule is NC(C1=NC(=O)C(c2ccc(F)cc2)C(=O)N1)C1CC1. The van der Waals surface area contributed by atoms with Crippen LogP contribution in [0.2, 0.25) is 0 Å². The van der Waals surface area contributed by atoms with Gasteiger partial charge in [-0.25, -0.2) is 4.39 Å². The Hall–Kier alpha value is -2.08. The standard InChI is InChI=1S/C14H14FN3O2/c15-9-5-3-7(4-6-9)10-13(19)17-12(18-14(10)20)11(16)8-1-2-8/h3-6,8,10-11H,1-2,16H2,(H,17,18,19,20). The number of hydrogen-bond acceptors (Lipinski definition) is 3. The van der Waals surface area contributed by atoms with Gasteiger partial charge in [0.15, 0.2) is 0 Å². The largest absolute Gasteiger partial charge is 0.321 e. The van der Waals surface area contributed by atoms with E-state index >= 15 is 0 Å². The lowest BCUT2D eigenvalue weighted by Crippen LogP contribution is -2.51. The highest BCUT2D eigenvalue weighted by Crippen LogP contribution is 2.32. The molecule has 0 aromatic heterocycles. The Kier molecular flexibility index (Phi) is 3.10. The highest BCUT2D eigenvalue weighted by Gasteiger charge is 2.39. The molecule has 0 radical (unpaired) electrons. The highest BCUT2D eigenvalue weighted by molar-refractivity contribution is 6.20. The number of aliphatic imine (C=N–C) groups is 1. The average Bonchev–Trinajstić information content (AvgIpc) is 3.23. The fraction of sp³-hybridized carbons (Fsp3) is 0.357. The van der Waals surface area contributed by atoms with Gasteiger partial charge in [-0.1, -0.05) is 12.1 Å². The van der Waals surface area contributed by atoms with Crippen LogP contribution in [0, 0.1) is 11.7 Å². The zero-order chi connectivity index (χ0) is 14.3. The van der Waals surface area contributed by atoms with Crippen molar-refractivity contribution in [2.45, 2.75) is 24.8 Å². The molecule has 1 aliphatic heterocycles. The van der Waals surface area contributed by atoms with E-state index in [1.54, 1.807) is 0 Å². The molecule has 0 bridgehead atoms. The second-order valence-electron chi connectivity index (χ2n) is 5.17. The summed E-state index contributed by atoms with van der Waals surface area (Å²) in [6.07, 6.45) is 1.98. The normalized spacial score (nSPS) is 24.1. The van der Waals surface area contributed by atoms with E-state index in [-0.39, 0.29) is 5.84 Å². The summed E-state index contributed by atoms with van der Waals surface area (Å²) in [5, 5.41) is 2.60. The van der Waals surface area contributed by atoms with E-state index in [9.17, 15) is 14.0 Å². The molecule has 104 valence electrons. The lowest BCUT2D eigenvalue weighted by molar-refractivity contribution is -0.129. The molecule has 1 saturated carbocycles. The first-order valence-electron chi connectivity index (χ1n) is 6.50. The second kappa shape index (κ2) is 4.79. The van der Waals surface area contributed by atoms with Crippen molar-refractivity contribution in [2.24, 2.45) is 16.6 Å². The fourth-order valence-corrected chi connectivity index (χ4v) is 2.31. The predicted molar refractivity (Wildman–Crippen MR) is 70.4 cm³/mol. The van der Waals surface area contributed by atoms with Gasteiger partial charge in [-0.3, -0.25) is 9.59 Å². The molecule has 1 aliphatic carbocycles. The first-order chi connectivity index (χ1) is 9.56. The van der Waals surface area contributed by atoms with Crippen LogP contribution in [0.15, 0.2) is 29.3 Å². The van der Waals surface area contributed by atoms with Gasteiger partial charge in [0.2, 0.25) is 5.91 Å². The van der Waals surface area contributed by atoms with Crippen molar-refractivity contribution >= 4 is 17.6 Å². The molecule has 2 amide bonds. The minimum absolute atomic E-state index is 0.251. The van der Waals surface area contributed by atoms with Crippen molar-refractivity contribution in [3.8, 4) is 0 Å². The Balaban J connectivity index is 1.86. The summed E-state index contributed by atoms with van der Waals surface area (Å²) >= 11 is 0. The van der Waals surface area contributed by atoms with Gasteiger partial charge in [0.05, 0.1) is 6.04 Å². The molecule has 20 heavy (non-hydrogen) atoms. The Morgan fingerprint density at radius 1 is 1.25 bits per heavy atom. The van der Waals surface area contributed by atoms with E-state index < -0.39 is 29.6 Å². The van der Waals surface area contributed by atoms with Crippen LogP contribution < -0.4 is 11.1 Å². The van der Waals surface area contributed by atoms with E-state index in [1.807, 2.05) is 0 Å². The van der Waals surface area contributed by atoms with E-state index in [0.29, 0.717) is 11.5 Å². The number of carbonyl (C=O) groups is 2. The third-order valence-corrected chi connectivity index (χ3v) is 3.64. The molecule has 1 aromatic rings. The summed E-state index contributed by atoms with van der Waals surface area (Å²) in [7, 11) is 0. The number of halogens is 1. The molecule has 2 unspecified atom stereocenters. The number of carbonyl (C=O) groups excluding carboxylic acids is 2. The van der Waals surface area contributed by atoms with Crippen molar-refractivity contribution in [2.75, 3.05) is 0 Å². The maximum absolute atomic E-state index is 12.9. The number of nitrogens with zero attached hydrogens (tertiary/aromatic N) is 1. The van der Waals surface area contributed by atoms with Crippen molar-refractivity contribution in [3.63, 3.8) is 0 Å². The number of nitrogens with one attached hydrogen (secondary N) is 1. The van der Waals surface area contributed by atoms with Crippen LogP contribution >= 0.6 is 0 Å². The maximum atomic E-state index is 12.9. The molecule has 5 nitrogen and oxygen atoms in total. The van der Waals surface area contributed by atoms with Crippen LogP contribution in [-0.2, 0) is 9.59 Å². The summed E-state index contributed by atoms with van der Waals surface area (Å²) in [5.74, 6) is -1.90. The monoisotopic (exact) mass is 275 g/mol. The molecule has 1 heterocycles. The number of amidine groups is 1. The van der Waals surface area contributed by atoms with E-state index in [0.717, 1.165) is 12.8 Å². The minimum atomic E-state index is -1.02. The topological polar surface area (TPSA) is 84.5 Å².